The van der Waals surface area contributed by atoms with Gasteiger partial charge in [0.1, 0.15) is 11.3 Å². The molecule has 24 heavy (non-hydrogen) atoms. The summed E-state index contributed by atoms with van der Waals surface area (Å²) in [5, 5.41) is 10.7. The van der Waals surface area contributed by atoms with E-state index >= 15 is 0 Å². The van der Waals surface area contributed by atoms with Crippen LogP contribution < -0.4 is 9.64 Å². The van der Waals surface area contributed by atoms with Gasteiger partial charge in [-0.15, -0.1) is 0 Å². The Morgan fingerprint density at radius 1 is 1.25 bits per heavy atom. The van der Waals surface area contributed by atoms with Gasteiger partial charge in [-0.05, 0) is 31.4 Å². The van der Waals surface area contributed by atoms with E-state index in [2.05, 4.69) is 28.9 Å². The number of anilines is 1. The van der Waals surface area contributed by atoms with E-state index < -0.39 is 5.60 Å². The van der Waals surface area contributed by atoms with Crippen molar-refractivity contribution in [3.8, 4) is 5.75 Å². The average molecular weight is 330 g/mol. The minimum absolute atomic E-state index is 0.0729. The van der Waals surface area contributed by atoms with Crippen LogP contribution in [0.1, 0.15) is 26.2 Å². The fraction of sp³-hybridized carbons (Fsp3) is 0.526. The number of aliphatic hydroxyl groups excluding tert-OH is 1. The molecule has 1 aliphatic heterocycles. The quantitative estimate of drug-likeness (QED) is 0.882. The van der Waals surface area contributed by atoms with Crippen LogP contribution in [0.25, 0.3) is 10.9 Å². The molecule has 0 amide bonds. The van der Waals surface area contributed by atoms with Crippen LogP contribution in [-0.2, 0) is 4.74 Å². The van der Waals surface area contributed by atoms with Crippen LogP contribution in [0.4, 0.5) is 5.69 Å². The van der Waals surface area contributed by atoms with Crippen LogP contribution in [0.3, 0.4) is 0 Å². The normalized spacial score (nSPS) is 17.2. The molecule has 0 radical (unpaired) electrons. The van der Waals surface area contributed by atoms with E-state index in [0.29, 0.717) is 6.61 Å². The van der Waals surface area contributed by atoms with E-state index in [-0.39, 0.29) is 6.61 Å². The Hall–Kier alpha value is -1.85. The maximum Gasteiger partial charge on any atom is 0.145 e. The fourth-order valence-electron chi connectivity index (χ4n) is 3.32. The lowest BCUT2D eigenvalue weighted by Crippen LogP contribution is -2.48. The van der Waals surface area contributed by atoms with Gasteiger partial charge in [0.2, 0.25) is 0 Å². The predicted octanol–water partition coefficient (Wildman–Crippen LogP) is 3.00. The first-order chi connectivity index (χ1) is 11.7. The molecule has 0 saturated carbocycles. The third kappa shape index (κ3) is 3.19. The maximum atomic E-state index is 9.62. The van der Waals surface area contributed by atoms with Crippen LogP contribution in [0.15, 0.2) is 30.5 Å². The summed E-state index contributed by atoms with van der Waals surface area (Å²) >= 11 is 0. The van der Waals surface area contributed by atoms with E-state index in [1.54, 1.807) is 7.11 Å². The number of rotatable bonds is 6. The highest BCUT2D eigenvalue weighted by atomic mass is 16.5. The molecule has 130 valence electrons. The molecule has 0 unspecified atom stereocenters. The Kier molecular flexibility index (Phi) is 5.21. The molecule has 2 aromatic rings. The van der Waals surface area contributed by atoms with E-state index in [0.717, 1.165) is 49.0 Å². The fourth-order valence-corrected chi connectivity index (χ4v) is 3.32. The van der Waals surface area contributed by atoms with Gasteiger partial charge in [0.25, 0.3) is 0 Å². The standard InChI is InChI=1S/C19H26N2O3/c1-3-13-24-17-6-4-5-15-16(7-10-20-18(15)17)21-11-8-19(14-22,23-2)9-12-21/h4-7,10,22H,3,8-9,11-14H2,1-2H3. The van der Waals surface area contributed by atoms with Gasteiger partial charge in [-0.3, -0.25) is 4.98 Å². The lowest BCUT2D eigenvalue weighted by molar-refractivity contribution is -0.0672. The number of hydrogen-bond acceptors (Lipinski definition) is 5. The number of methoxy groups -OCH3 is 1. The van der Waals surface area contributed by atoms with Crippen LogP contribution in [0.5, 0.6) is 5.75 Å². The molecule has 1 N–H and O–H groups in total. The zero-order chi connectivity index (χ0) is 17.0. The summed E-state index contributed by atoms with van der Waals surface area (Å²) in [5.74, 6) is 0.842. The SMILES string of the molecule is CCCOc1cccc2c(N3CCC(CO)(OC)CC3)ccnc12. The molecule has 0 bridgehead atoms. The summed E-state index contributed by atoms with van der Waals surface area (Å²) < 4.78 is 11.4. The molecule has 0 atom stereocenters. The average Bonchev–Trinajstić information content (AvgIpc) is 2.66. The van der Waals surface area contributed by atoms with Gasteiger partial charge in [-0.2, -0.15) is 0 Å². The van der Waals surface area contributed by atoms with Crippen molar-refractivity contribution in [1.29, 1.82) is 0 Å². The Labute approximate surface area is 143 Å². The molecule has 0 aliphatic carbocycles. The summed E-state index contributed by atoms with van der Waals surface area (Å²) in [6.07, 6.45) is 4.45. The molecule has 5 nitrogen and oxygen atoms in total. The Morgan fingerprint density at radius 2 is 2.04 bits per heavy atom. The highest BCUT2D eigenvalue weighted by Crippen LogP contribution is 2.34. The van der Waals surface area contributed by atoms with E-state index in [9.17, 15) is 5.11 Å². The Morgan fingerprint density at radius 3 is 2.71 bits per heavy atom. The minimum atomic E-state index is -0.394. The number of aliphatic hydroxyl groups is 1. The van der Waals surface area contributed by atoms with Crippen LogP contribution >= 0.6 is 0 Å². The summed E-state index contributed by atoms with van der Waals surface area (Å²) in [6, 6.07) is 8.16. The van der Waals surface area contributed by atoms with Crippen LogP contribution in [0.2, 0.25) is 0 Å². The first-order valence-electron chi connectivity index (χ1n) is 8.64. The van der Waals surface area contributed by atoms with Gasteiger partial charge < -0.3 is 19.5 Å². The maximum absolute atomic E-state index is 9.62. The molecule has 1 aliphatic rings. The highest BCUT2D eigenvalue weighted by Gasteiger charge is 2.34. The van der Waals surface area contributed by atoms with Gasteiger partial charge in [-0.25, -0.2) is 0 Å². The molecule has 1 aromatic carbocycles. The lowest BCUT2D eigenvalue weighted by atomic mass is 9.91. The molecule has 2 heterocycles. The Balaban J connectivity index is 1.88. The highest BCUT2D eigenvalue weighted by molar-refractivity contribution is 5.95. The second kappa shape index (κ2) is 7.36. The van der Waals surface area contributed by atoms with Crippen LogP contribution in [0, 0.1) is 0 Å². The predicted molar refractivity (Wildman–Crippen MR) is 95.8 cm³/mol. The van der Waals surface area contributed by atoms with Crippen molar-refractivity contribution in [2.45, 2.75) is 31.8 Å². The molecule has 1 fully saturated rings. The number of pyridine rings is 1. The van der Waals surface area contributed by atoms with Gasteiger partial charge >= 0.3 is 0 Å². The zero-order valence-corrected chi connectivity index (χ0v) is 14.5. The topological polar surface area (TPSA) is 54.8 Å². The molecular weight excluding hydrogens is 304 g/mol. The van der Waals surface area contributed by atoms with Crippen molar-refractivity contribution >= 4 is 16.6 Å². The molecule has 1 saturated heterocycles. The number of ether oxygens (including phenoxy) is 2. The van der Waals surface area contributed by atoms with Crippen molar-refractivity contribution in [2.24, 2.45) is 0 Å². The first-order valence-corrected chi connectivity index (χ1v) is 8.64. The molecule has 5 heteroatoms. The second-order valence-corrected chi connectivity index (χ2v) is 6.36. The summed E-state index contributed by atoms with van der Waals surface area (Å²) in [6.45, 7) is 4.58. The largest absolute Gasteiger partial charge is 0.491 e. The minimum Gasteiger partial charge on any atom is -0.491 e. The van der Waals surface area contributed by atoms with Gasteiger partial charge in [0.15, 0.2) is 0 Å². The van der Waals surface area contributed by atoms with Crippen molar-refractivity contribution in [3.05, 3.63) is 30.5 Å². The summed E-state index contributed by atoms with van der Waals surface area (Å²) in [4.78, 5) is 6.88. The van der Waals surface area contributed by atoms with Crippen molar-refractivity contribution in [2.75, 3.05) is 38.3 Å². The van der Waals surface area contributed by atoms with Gasteiger partial charge in [-0.1, -0.05) is 19.1 Å². The monoisotopic (exact) mass is 330 g/mol. The van der Waals surface area contributed by atoms with Crippen molar-refractivity contribution in [1.82, 2.24) is 4.98 Å². The van der Waals surface area contributed by atoms with E-state index in [1.165, 1.54) is 5.69 Å². The number of fused-ring (bicyclic) bond motifs is 1. The number of para-hydroxylation sites is 1. The molecule has 0 spiro atoms. The zero-order valence-electron chi connectivity index (χ0n) is 14.5. The van der Waals surface area contributed by atoms with Gasteiger partial charge in [0, 0.05) is 37.5 Å². The Bertz CT molecular complexity index is 675. The molecule has 3 rings (SSSR count). The van der Waals surface area contributed by atoms with Crippen molar-refractivity contribution < 1.29 is 14.6 Å². The first kappa shape index (κ1) is 17.0. The van der Waals surface area contributed by atoms with Crippen LogP contribution in [-0.4, -0.2) is 49.1 Å². The molecule has 1 aromatic heterocycles. The summed E-state index contributed by atoms with van der Waals surface area (Å²) in [5.41, 5.74) is 1.69. The second-order valence-electron chi connectivity index (χ2n) is 6.36. The number of piperidine rings is 1. The third-order valence-electron chi connectivity index (χ3n) is 4.91. The van der Waals surface area contributed by atoms with E-state index in [4.69, 9.17) is 9.47 Å². The van der Waals surface area contributed by atoms with E-state index in [1.807, 2.05) is 18.3 Å². The smallest absolute Gasteiger partial charge is 0.145 e. The number of benzene rings is 1. The molecular formula is C19H26N2O3. The van der Waals surface area contributed by atoms with Gasteiger partial charge in [0.05, 0.1) is 18.8 Å². The van der Waals surface area contributed by atoms with Crippen molar-refractivity contribution in [3.63, 3.8) is 0 Å². The lowest BCUT2D eigenvalue weighted by Gasteiger charge is -2.40. The summed E-state index contributed by atoms with van der Waals surface area (Å²) in [7, 11) is 1.69. The number of hydrogen-bond donors (Lipinski definition) is 1. The number of nitrogens with zero attached hydrogens (tertiary/aromatic N) is 2. The number of aromatic nitrogens is 1. The third-order valence-corrected chi connectivity index (χ3v) is 4.91.